The van der Waals surface area contributed by atoms with Crippen LogP contribution >= 0.6 is 11.8 Å². The number of thioether (sulfide) groups is 1. The third kappa shape index (κ3) is 11.8. The number of nitrogens with zero attached hydrogens (tertiary/aromatic N) is 4. The smallest absolute Gasteiger partial charge is 0.339 e. The van der Waals surface area contributed by atoms with Gasteiger partial charge in [-0.3, -0.25) is 9.59 Å². The van der Waals surface area contributed by atoms with Crippen molar-refractivity contribution in [3.63, 3.8) is 0 Å². The van der Waals surface area contributed by atoms with Crippen LogP contribution in [0.2, 0.25) is 0 Å². The van der Waals surface area contributed by atoms with E-state index in [2.05, 4.69) is 16.7 Å². The molecule has 0 radical (unpaired) electrons. The minimum atomic E-state index is -1.84. The fourth-order valence-corrected chi connectivity index (χ4v) is 7.21. The van der Waals surface area contributed by atoms with Crippen LogP contribution in [0.3, 0.4) is 0 Å². The van der Waals surface area contributed by atoms with Gasteiger partial charge in [-0.05, 0) is 43.3 Å². The number of aromatic nitrogens is 3. The van der Waals surface area contributed by atoms with Crippen LogP contribution in [0, 0.1) is 28.8 Å². The Morgan fingerprint density at radius 2 is 1.79 bits per heavy atom. The van der Waals surface area contributed by atoms with Crippen LogP contribution < -0.4 is 0 Å². The van der Waals surface area contributed by atoms with Gasteiger partial charge in [0.05, 0.1) is 55.0 Å². The molecule has 58 heavy (non-hydrogen) atoms. The van der Waals surface area contributed by atoms with E-state index in [4.69, 9.17) is 28.9 Å². The van der Waals surface area contributed by atoms with Gasteiger partial charge in [0.25, 0.3) is 0 Å². The molecular weight excluding hydrogens is 778 g/mol. The Kier molecular flexibility index (Phi) is 15.6. The van der Waals surface area contributed by atoms with Gasteiger partial charge in [-0.15, -0.1) is 11.8 Å². The number of benzene rings is 3. The number of carbonyl (C=O) groups is 3. The van der Waals surface area contributed by atoms with Crippen molar-refractivity contribution in [2.45, 2.75) is 55.3 Å². The number of halogens is 3. The largest absolute Gasteiger partial charge is 0.461 e. The highest BCUT2D eigenvalue weighted by molar-refractivity contribution is 8.00. The van der Waals surface area contributed by atoms with E-state index in [-0.39, 0.29) is 73.3 Å². The molecule has 0 spiro atoms. The van der Waals surface area contributed by atoms with Crippen molar-refractivity contribution in [1.82, 2.24) is 14.8 Å². The first-order valence-electron chi connectivity index (χ1n) is 18.0. The number of nitriles is 1. The van der Waals surface area contributed by atoms with Crippen LogP contribution in [0.5, 0.6) is 0 Å². The number of rotatable bonds is 18. The molecule has 2 atom stereocenters. The number of allylic oxidation sites excluding steroid dienone is 2. The third-order valence-corrected chi connectivity index (χ3v) is 10.2. The molecule has 4 aromatic rings. The summed E-state index contributed by atoms with van der Waals surface area (Å²) in [6.45, 7) is 4.98. The van der Waals surface area contributed by atoms with Gasteiger partial charge in [0.1, 0.15) is 43.3 Å². The van der Waals surface area contributed by atoms with Gasteiger partial charge in [-0.2, -0.15) is 10.4 Å². The molecule has 16 heteroatoms. The zero-order valence-corrected chi connectivity index (χ0v) is 32.1. The van der Waals surface area contributed by atoms with Crippen LogP contribution in [-0.4, -0.2) is 69.3 Å². The molecule has 5 rings (SSSR count). The lowest BCUT2D eigenvalue weighted by atomic mass is 9.89. The van der Waals surface area contributed by atoms with E-state index in [0.717, 1.165) is 12.1 Å². The molecular formula is C42H39F3N4O8S. The van der Waals surface area contributed by atoms with Gasteiger partial charge in [0, 0.05) is 28.0 Å². The Hall–Kier alpha value is -6.02. The predicted octanol–water partition coefficient (Wildman–Crippen LogP) is 7.00. The van der Waals surface area contributed by atoms with Crippen molar-refractivity contribution in [2.75, 3.05) is 19.8 Å². The van der Waals surface area contributed by atoms with E-state index in [1.165, 1.54) is 59.4 Å². The summed E-state index contributed by atoms with van der Waals surface area (Å²) in [5.74, 6) is -4.54. The van der Waals surface area contributed by atoms with Gasteiger partial charge in [-0.25, -0.2) is 27.6 Å². The molecule has 12 nitrogen and oxygen atoms in total. The first kappa shape index (κ1) is 43.1. The summed E-state index contributed by atoms with van der Waals surface area (Å²) in [6, 6.07) is 15.3. The van der Waals surface area contributed by atoms with Crippen molar-refractivity contribution in [1.29, 1.82) is 5.26 Å². The molecule has 1 aromatic heterocycles. The minimum absolute atomic E-state index is 0.00747. The fraction of sp³-hybridized carbons (Fsp3) is 0.286. The standard InChI is InChI=1S/C42H39F3N4O8S/c1-3-18-53-38(50)16-17-39(51)54-22-31-9-4-6-10-34(31)41(52)57-42(25-49-27-47-26-48-49,35-15-14-32(43)20-37(35)45)28(2)58-33-23-55-40(56-24-33)11-7-5-8-30-13-12-29(21-46)19-36(30)44/h3-15,19-20,26-28,33,40H,1,16-18,22-25H2,2H3/t28-,33-,40-,42-/m1/s1. The maximum atomic E-state index is 15.9. The van der Waals surface area contributed by atoms with Gasteiger partial charge in [0.2, 0.25) is 0 Å². The molecule has 3 aromatic carbocycles. The van der Waals surface area contributed by atoms with Gasteiger partial charge >= 0.3 is 17.9 Å². The summed E-state index contributed by atoms with van der Waals surface area (Å²) in [5.41, 5.74) is -1.17. The van der Waals surface area contributed by atoms with Crippen molar-refractivity contribution < 1.29 is 51.2 Å². The van der Waals surface area contributed by atoms with E-state index in [0.29, 0.717) is 11.6 Å². The second-order valence-electron chi connectivity index (χ2n) is 12.8. The lowest BCUT2D eigenvalue weighted by Gasteiger charge is -2.40. The zero-order valence-electron chi connectivity index (χ0n) is 31.3. The highest BCUT2D eigenvalue weighted by Crippen LogP contribution is 2.42. The summed E-state index contributed by atoms with van der Waals surface area (Å²) in [4.78, 5) is 42.5. The monoisotopic (exact) mass is 816 g/mol. The van der Waals surface area contributed by atoms with E-state index < -0.39 is 52.5 Å². The Balaban J connectivity index is 1.33. The predicted molar refractivity (Wildman–Crippen MR) is 206 cm³/mol. The van der Waals surface area contributed by atoms with Crippen molar-refractivity contribution in [3.8, 4) is 6.07 Å². The van der Waals surface area contributed by atoms with Crippen molar-refractivity contribution in [3.05, 3.63) is 149 Å². The van der Waals surface area contributed by atoms with E-state index in [1.54, 1.807) is 49.4 Å². The van der Waals surface area contributed by atoms with Gasteiger partial charge in [0.15, 0.2) is 11.9 Å². The molecule has 1 aliphatic heterocycles. The van der Waals surface area contributed by atoms with E-state index in [1.807, 2.05) is 6.07 Å². The Bertz CT molecular complexity index is 2170. The van der Waals surface area contributed by atoms with Crippen LogP contribution in [-0.2, 0) is 52.0 Å². The minimum Gasteiger partial charge on any atom is -0.461 e. The average Bonchev–Trinajstić information content (AvgIpc) is 3.73. The van der Waals surface area contributed by atoms with Crippen LogP contribution in [0.15, 0.2) is 104 Å². The van der Waals surface area contributed by atoms with Crippen LogP contribution in [0.1, 0.15) is 52.4 Å². The number of ether oxygens (including phenoxy) is 5. The quantitative estimate of drug-likeness (QED) is 0.0440. The molecule has 1 fully saturated rings. The number of carbonyl (C=O) groups excluding carboxylic acids is 3. The molecule has 0 amide bonds. The Morgan fingerprint density at radius 3 is 2.48 bits per heavy atom. The zero-order chi connectivity index (χ0) is 41.5. The molecule has 1 aliphatic rings. The highest BCUT2D eigenvalue weighted by Gasteiger charge is 2.47. The first-order chi connectivity index (χ1) is 28.0. The summed E-state index contributed by atoms with van der Waals surface area (Å²) in [6.07, 6.45) is 9.26. The molecule has 1 saturated heterocycles. The average molecular weight is 817 g/mol. The normalized spacial score (nSPS) is 16.9. The second kappa shape index (κ2) is 20.9. The number of hydrogen-bond acceptors (Lipinski definition) is 12. The van der Waals surface area contributed by atoms with E-state index in [9.17, 15) is 23.2 Å². The molecule has 0 aliphatic carbocycles. The lowest BCUT2D eigenvalue weighted by Crippen LogP contribution is -2.47. The Labute approximate surface area is 336 Å². The molecule has 0 bridgehead atoms. The first-order valence-corrected chi connectivity index (χ1v) is 18.9. The molecule has 2 heterocycles. The van der Waals surface area contributed by atoms with Crippen LogP contribution in [0.4, 0.5) is 13.2 Å². The topological polar surface area (TPSA) is 152 Å². The maximum absolute atomic E-state index is 15.9. The fourth-order valence-electron chi connectivity index (χ4n) is 5.85. The third-order valence-electron chi connectivity index (χ3n) is 8.78. The van der Waals surface area contributed by atoms with Gasteiger partial charge in [-0.1, -0.05) is 55.1 Å². The summed E-state index contributed by atoms with van der Waals surface area (Å²) in [5, 5.41) is 12.0. The molecule has 0 saturated carbocycles. The maximum Gasteiger partial charge on any atom is 0.339 e. The summed E-state index contributed by atoms with van der Waals surface area (Å²) >= 11 is 1.29. The molecule has 0 unspecified atom stereocenters. The van der Waals surface area contributed by atoms with Gasteiger partial charge < -0.3 is 23.7 Å². The van der Waals surface area contributed by atoms with Crippen molar-refractivity contribution >= 4 is 35.7 Å². The molecule has 0 N–H and O–H groups in total. The summed E-state index contributed by atoms with van der Waals surface area (Å²) in [7, 11) is 0. The molecule has 302 valence electrons. The number of hydrogen-bond donors (Lipinski definition) is 0. The second-order valence-corrected chi connectivity index (χ2v) is 14.5. The number of esters is 3. The lowest BCUT2D eigenvalue weighted by molar-refractivity contribution is -0.150. The highest BCUT2D eigenvalue weighted by atomic mass is 32.2. The van der Waals surface area contributed by atoms with E-state index >= 15 is 4.39 Å². The summed E-state index contributed by atoms with van der Waals surface area (Å²) < 4.78 is 74.3. The Morgan fingerprint density at radius 1 is 1.03 bits per heavy atom. The van der Waals surface area contributed by atoms with Crippen molar-refractivity contribution in [2.24, 2.45) is 0 Å². The van der Waals surface area contributed by atoms with Crippen LogP contribution in [0.25, 0.3) is 6.08 Å². The SMILES string of the molecule is C=CCOC(=O)CCC(=O)OCc1ccccc1C(=O)O[C@@](Cn1cncn1)(c1ccc(F)cc1F)[C@@H](C)S[C@H]1CO[C@H](C=CC=Cc2ccc(C#N)cc2F)OC1.